The van der Waals surface area contributed by atoms with E-state index >= 15 is 0 Å². The Balaban J connectivity index is 1.06. The highest BCUT2D eigenvalue weighted by Gasteiger charge is 2.39. The highest BCUT2D eigenvalue weighted by atomic mass is 35.5. The molecule has 9 nitrogen and oxygen atoms in total. The SMILES string of the molecule is CC(C)Oc1cc(C(=O)O)cc2sc(N3CCN4C[C@@H](OCc5c(-c6c(Cl)cccc6Cl)noc5C5CC5)CC4C3)nc12. The average Bonchev–Trinajstić information content (AvgIpc) is 3.38. The predicted octanol–water partition coefficient (Wildman–Crippen LogP) is 7.10. The van der Waals surface area contributed by atoms with Crippen LogP contribution in [0.3, 0.4) is 0 Å². The number of piperazine rings is 1. The van der Waals surface area contributed by atoms with E-state index in [1.165, 1.54) is 11.3 Å². The number of aromatic carboxylic acids is 1. The fourth-order valence-corrected chi connectivity index (χ4v) is 7.76. The quantitative estimate of drug-likeness (QED) is 0.205. The van der Waals surface area contributed by atoms with Gasteiger partial charge in [0.25, 0.3) is 0 Å². The third-order valence-electron chi connectivity index (χ3n) is 8.34. The Labute approximate surface area is 263 Å². The van der Waals surface area contributed by atoms with Crippen LogP contribution in [0.15, 0.2) is 34.9 Å². The van der Waals surface area contributed by atoms with Crippen LogP contribution in [0.1, 0.15) is 60.7 Å². The van der Waals surface area contributed by atoms with Crippen LogP contribution in [0.5, 0.6) is 5.75 Å². The molecule has 2 aromatic carbocycles. The van der Waals surface area contributed by atoms with E-state index in [4.69, 9.17) is 42.2 Å². The van der Waals surface area contributed by atoms with Crippen LogP contribution in [0.25, 0.3) is 21.5 Å². The molecular formula is C31H32Cl2N4O5S. The summed E-state index contributed by atoms with van der Waals surface area (Å²) in [7, 11) is 0. The first-order valence-electron chi connectivity index (χ1n) is 14.6. The molecule has 2 aromatic heterocycles. The maximum Gasteiger partial charge on any atom is 0.335 e. The number of fused-ring (bicyclic) bond motifs is 2. The van der Waals surface area contributed by atoms with E-state index in [1.807, 2.05) is 32.0 Å². The van der Waals surface area contributed by atoms with Crippen molar-refractivity contribution in [1.29, 1.82) is 0 Å². The molecule has 4 aromatic rings. The number of anilines is 1. The Bertz CT molecular complexity index is 1670. The van der Waals surface area contributed by atoms with Gasteiger partial charge in [0, 0.05) is 49.3 Å². The molecule has 0 spiro atoms. The van der Waals surface area contributed by atoms with Gasteiger partial charge < -0.3 is 24.0 Å². The second-order valence-corrected chi connectivity index (χ2v) is 13.6. The predicted molar refractivity (Wildman–Crippen MR) is 167 cm³/mol. The molecule has 7 rings (SSSR count). The van der Waals surface area contributed by atoms with Crippen LogP contribution in [0.2, 0.25) is 10.0 Å². The van der Waals surface area contributed by atoms with Crippen LogP contribution in [0.4, 0.5) is 5.13 Å². The van der Waals surface area contributed by atoms with Crippen molar-refractivity contribution in [2.75, 3.05) is 31.1 Å². The van der Waals surface area contributed by atoms with Crippen molar-refractivity contribution >= 4 is 55.9 Å². The number of carboxylic acids is 1. The van der Waals surface area contributed by atoms with Gasteiger partial charge in [0.05, 0.1) is 39.1 Å². The molecule has 0 radical (unpaired) electrons. The van der Waals surface area contributed by atoms with E-state index in [-0.39, 0.29) is 17.8 Å². The fraction of sp³-hybridized carbons (Fsp3) is 0.452. The lowest BCUT2D eigenvalue weighted by atomic mass is 10.0. The Hall–Kier alpha value is -2.89. The highest BCUT2D eigenvalue weighted by Crippen LogP contribution is 2.46. The highest BCUT2D eigenvalue weighted by molar-refractivity contribution is 7.22. The van der Waals surface area contributed by atoms with Crippen molar-refractivity contribution in [2.45, 2.75) is 63.9 Å². The number of thiazole rings is 1. The first kappa shape index (κ1) is 28.9. The number of hydrogen-bond donors (Lipinski definition) is 1. The number of nitrogens with zero attached hydrogens (tertiary/aromatic N) is 4. The zero-order valence-corrected chi connectivity index (χ0v) is 26.2. The molecule has 3 fully saturated rings. The second-order valence-electron chi connectivity index (χ2n) is 11.8. The lowest BCUT2D eigenvalue weighted by molar-refractivity contribution is 0.0463. The van der Waals surface area contributed by atoms with Crippen molar-refractivity contribution in [3.63, 3.8) is 0 Å². The van der Waals surface area contributed by atoms with Crippen LogP contribution < -0.4 is 9.64 Å². The molecule has 0 amide bonds. The molecule has 2 atom stereocenters. The van der Waals surface area contributed by atoms with Crippen molar-refractivity contribution < 1.29 is 23.9 Å². The zero-order chi connectivity index (χ0) is 29.8. The topological polar surface area (TPSA) is 101 Å². The van der Waals surface area contributed by atoms with Gasteiger partial charge in [0.15, 0.2) is 5.13 Å². The van der Waals surface area contributed by atoms with Crippen LogP contribution in [-0.2, 0) is 11.3 Å². The van der Waals surface area contributed by atoms with E-state index < -0.39 is 5.97 Å². The lowest BCUT2D eigenvalue weighted by Crippen LogP contribution is -2.50. The monoisotopic (exact) mass is 642 g/mol. The molecule has 2 saturated heterocycles. The Kier molecular flexibility index (Phi) is 7.75. The lowest BCUT2D eigenvalue weighted by Gasteiger charge is -2.37. The summed E-state index contributed by atoms with van der Waals surface area (Å²) >= 11 is 14.6. The molecule has 1 saturated carbocycles. The summed E-state index contributed by atoms with van der Waals surface area (Å²) in [4.78, 5) is 21.4. The molecule has 2 aliphatic heterocycles. The number of benzene rings is 2. The maximum atomic E-state index is 11.7. The Morgan fingerprint density at radius 3 is 2.70 bits per heavy atom. The summed E-state index contributed by atoms with van der Waals surface area (Å²) in [5.41, 5.74) is 3.22. The van der Waals surface area contributed by atoms with E-state index in [9.17, 15) is 9.90 Å². The minimum Gasteiger partial charge on any atom is -0.489 e. The van der Waals surface area contributed by atoms with Gasteiger partial charge in [-0.2, -0.15) is 0 Å². The summed E-state index contributed by atoms with van der Waals surface area (Å²) in [5, 5.41) is 16.0. The molecule has 3 aliphatic rings. The molecule has 4 heterocycles. The van der Waals surface area contributed by atoms with Crippen molar-refractivity contribution in [3.8, 4) is 17.0 Å². The summed E-state index contributed by atoms with van der Waals surface area (Å²) in [6.07, 6.45) is 3.05. The molecule has 43 heavy (non-hydrogen) atoms. The third-order valence-corrected chi connectivity index (χ3v) is 10.0. The number of hydrogen-bond acceptors (Lipinski definition) is 9. The number of aromatic nitrogens is 2. The molecule has 12 heteroatoms. The number of halogens is 2. The number of carboxylic acid groups (broad SMARTS) is 1. The Morgan fingerprint density at radius 1 is 1.19 bits per heavy atom. The largest absolute Gasteiger partial charge is 0.489 e. The smallest absolute Gasteiger partial charge is 0.335 e. The van der Waals surface area contributed by atoms with Crippen molar-refractivity contribution in [2.24, 2.45) is 0 Å². The van der Waals surface area contributed by atoms with Gasteiger partial charge in [-0.1, -0.05) is 45.8 Å². The summed E-state index contributed by atoms with van der Waals surface area (Å²) in [5.74, 6) is 0.790. The van der Waals surface area contributed by atoms with E-state index in [0.29, 0.717) is 51.1 Å². The van der Waals surface area contributed by atoms with E-state index in [1.54, 1.807) is 12.1 Å². The minimum atomic E-state index is -0.978. The molecular weight excluding hydrogens is 611 g/mol. The standard InChI is InChI=1S/C31H32Cl2N4O5S/c1-16(2)41-24-10-18(30(38)39)11-25-28(24)34-31(43-25)37-9-8-36-14-20(12-19(36)13-37)40-15-21-27(35-42-29(21)17-6-7-17)26-22(32)4-3-5-23(26)33/h3-5,10-11,16-17,19-20H,6-9,12-15H2,1-2H3,(H,38,39)/t19?,20-/m0/s1. The number of ether oxygens (including phenoxy) is 2. The zero-order valence-electron chi connectivity index (χ0n) is 23.9. The molecule has 1 unspecified atom stereocenters. The number of rotatable bonds is 9. The van der Waals surface area contributed by atoms with Gasteiger partial charge in [-0.05, 0) is 57.4 Å². The Morgan fingerprint density at radius 2 is 1.98 bits per heavy atom. The van der Waals surface area contributed by atoms with Crippen molar-refractivity contribution in [1.82, 2.24) is 15.0 Å². The van der Waals surface area contributed by atoms with Crippen molar-refractivity contribution in [3.05, 3.63) is 57.3 Å². The molecule has 1 aliphatic carbocycles. The first-order valence-corrected chi connectivity index (χ1v) is 16.2. The minimum absolute atomic E-state index is 0.0704. The fourth-order valence-electron chi connectivity index (χ4n) is 6.13. The second kappa shape index (κ2) is 11.6. The normalized spacial score (nSPS) is 20.7. The van der Waals surface area contributed by atoms with Gasteiger partial charge in [-0.15, -0.1) is 0 Å². The number of carbonyl (C=O) groups is 1. The van der Waals surface area contributed by atoms with Gasteiger partial charge in [0.1, 0.15) is 22.7 Å². The third kappa shape index (κ3) is 5.71. The van der Waals surface area contributed by atoms with Gasteiger partial charge in [0.2, 0.25) is 0 Å². The van der Waals surface area contributed by atoms with Gasteiger partial charge >= 0.3 is 5.97 Å². The average molecular weight is 644 g/mol. The first-order chi connectivity index (χ1) is 20.7. The molecule has 0 bridgehead atoms. The van der Waals surface area contributed by atoms with Crippen LogP contribution in [-0.4, -0.2) is 70.5 Å². The molecule has 226 valence electrons. The van der Waals surface area contributed by atoms with Gasteiger partial charge in [-0.3, -0.25) is 4.90 Å². The van der Waals surface area contributed by atoms with Crippen LogP contribution >= 0.6 is 34.5 Å². The van der Waals surface area contributed by atoms with Gasteiger partial charge in [-0.25, -0.2) is 9.78 Å². The van der Waals surface area contributed by atoms with Crippen LogP contribution in [0, 0.1) is 0 Å². The van der Waals surface area contributed by atoms with E-state index in [2.05, 4.69) is 15.0 Å². The summed E-state index contributed by atoms with van der Waals surface area (Å²) < 4.78 is 19.1. The summed E-state index contributed by atoms with van der Waals surface area (Å²) in [6, 6.07) is 9.04. The summed E-state index contributed by atoms with van der Waals surface area (Å²) in [6.45, 7) is 7.66. The maximum absolute atomic E-state index is 11.7. The van der Waals surface area contributed by atoms with E-state index in [0.717, 1.165) is 66.6 Å². The molecule has 1 N–H and O–H groups in total.